The first kappa shape index (κ1) is 14.0. The summed E-state index contributed by atoms with van der Waals surface area (Å²) in [6.45, 7) is 8.51. The minimum atomic E-state index is -0.356. The maximum absolute atomic E-state index is 11.3. The fraction of sp³-hybridized carbons (Fsp3) is 0.846. The van der Waals surface area contributed by atoms with Gasteiger partial charge in [-0.3, -0.25) is 4.79 Å². The average molecular weight is 237 g/mol. The van der Waals surface area contributed by atoms with E-state index in [1.807, 2.05) is 20.8 Å². The molecule has 1 heterocycles. The van der Waals surface area contributed by atoms with Crippen molar-refractivity contribution in [2.75, 3.05) is 19.6 Å². The fourth-order valence-electron chi connectivity index (χ4n) is 2.25. The summed E-state index contributed by atoms with van der Waals surface area (Å²) in [6.07, 6.45) is 2.74. The molecule has 0 aromatic rings. The molecule has 0 spiro atoms. The van der Waals surface area contributed by atoms with Gasteiger partial charge in [0.1, 0.15) is 0 Å². The number of nitrogens with two attached hydrogens (primary N) is 1. The topological polar surface area (TPSA) is 70.1 Å². The van der Waals surface area contributed by atoms with E-state index >= 15 is 0 Å². The molecule has 1 rings (SSSR count). The zero-order valence-corrected chi connectivity index (χ0v) is 11.1. The number of primary amides is 1. The van der Waals surface area contributed by atoms with E-state index in [4.69, 9.17) is 11.0 Å². The van der Waals surface area contributed by atoms with Gasteiger partial charge in [-0.25, -0.2) is 0 Å². The number of amides is 1. The number of carbonyl (C=O) groups excluding carboxylic acids is 1. The lowest BCUT2D eigenvalue weighted by atomic mass is 9.89. The van der Waals surface area contributed by atoms with Crippen molar-refractivity contribution in [1.82, 2.24) is 4.90 Å². The Morgan fingerprint density at radius 1 is 1.59 bits per heavy atom. The van der Waals surface area contributed by atoms with E-state index in [1.54, 1.807) is 0 Å². The van der Waals surface area contributed by atoms with Crippen molar-refractivity contribution in [3.05, 3.63) is 0 Å². The predicted octanol–water partition coefficient (Wildman–Crippen LogP) is 1.51. The summed E-state index contributed by atoms with van der Waals surface area (Å²) in [5, 5.41) is 8.92. The molecule has 4 heteroatoms. The smallest absolute Gasteiger partial charge is 0.224 e. The number of hydrogen-bond donors (Lipinski definition) is 1. The SMILES string of the molecule is CC(C)(C#N)CCCN1CCC(C)(C(N)=O)C1. The molecule has 1 atom stereocenters. The average Bonchev–Trinajstić information content (AvgIpc) is 2.62. The van der Waals surface area contributed by atoms with Gasteiger partial charge < -0.3 is 10.6 Å². The van der Waals surface area contributed by atoms with Crippen molar-refractivity contribution in [2.24, 2.45) is 16.6 Å². The third kappa shape index (κ3) is 3.71. The van der Waals surface area contributed by atoms with Gasteiger partial charge in [-0.1, -0.05) is 0 Å². The van der Waals surface area contributed by atoms with Crippen LogP contribution in [-0.2, 0) is 4.79 Å². The Kier molecular flexibility index (Phi) is 4.16. The standard InChI is InChI=1S/C13H23N3O/c1-12(2,9-14)5-4-7-16-8-6-13(3,10-16)11(15)17/h4-8,10H2,1-3H3,(H2,15,17). The molecule has 0 saturated carbocycles. The van der Waals surface area contributed by atoms with Crippen LogP contribution in [-0.4, -0.2) is 30.4 Å². The van der Waals surface area contributed by atoms with Gasteiger partial charge in [-0.05, 0) is 53.1 Å². The summed E-state index contributed by atoms with van der Waals surface area (Å²) >= 11 is 0. The molecule has 1 aliphatic rings. The number of nitrogens with zero attached hydrogens (tertiary/aromatic N) is 2. The third-order valence-electron chi connectivity index (χ3n) is 3.73. The quantitative estimate of drug-likeness (QED) is 0.788. The molecular weight excluding hydrogens is 214 g/mol. The molecule has 1 aliphatic heterocycles. The summed E-state index contributed by atoms with van der Waals surface area (Å²) in [4.78, 5) is 13.6. The highest BCUT2D eigenvalue weighted by Crippen LogP contribution is 2.30. The minimum Gasteiger partial charge on any atom is -0.369 e. The Bertz CT molecular complexity index is 332. The maximum atomic E-state index is 11.3. The van der Waals surface area contributed by atoms with Gasteiger partial charge in [0.15, 0.2) is 0 Å². The number of rotatable bonds is 5. The van der Waals surface area contributed by atoms with Crippen molar-refractivity contribution >= 4 is 5.91 Å². The highest BCUT2D eigenvalue weighted by Gasteiger charge is 2.38. The van der Waals surface area contributed by atoms with E-state index in [9.17, 15) is 4.79 Å². The van der Waals surface area contributed by atoms with E-state index in [0.29, 0.717) is 0 Å². The molecule has 0 radical (unpaired) electrons. The number of nitriles is 1. The fourth-order valence-corrected chi connectivity index (χ4v) is 2.25. The lowest BCUT2D eigenvalue weighted by molar-refractivity contribution is -0.126. The van der Waals surface area contributed by atoms with Crippen LogP contribution in [0.2, 0.25) is 0 Å². The molecule has 0 aromatic heterocycles. The summed E-state index contributed by atoms with van der Waals surface area (Å²) in [5.41, 5.74) is 4.81. The molecular formula is C13H23N3O. The van der Waals surface area contributed by atoms with Crippen LogP contribution < -0.4 is 5.73 Å². The molecule has 0 bridgehead atoms. The molecule has 1 unspecified atom stereocenters. The zero-order chi connectivity index (χ0) is 13.1. The monoisotopic (exact) mass is 237 g/mol. The van der Waals surface area contributed by atoms with Gasteiger partial charge in [0.25, 0.3) is 0 Å². The Hall–Kier alpha value is -1.08. The van der Waals surface area contributed by atoms with Crippen molar-refractivity contribution in [3.63, 3.8) is 0 Å². The molecule has 2 N–H and O–H groups in total. The number of carbonyl (C=O) groups is 1. The Morgan fingerprint density at radius 3 is 2.71 bits per heavy atom. The molecule has 1 fully saturated rings. The summed E-state index contributed by atoms with van der Waals surface area (Å²) < 4.78 is 0. The summed E-state index contributed by atoms with van der Waals surface area (Å²) in [6, 6.07) is 2.31. The van der Waals surface area contributed by atoms with Crippen LogP contribution in [0.15, 0.2) is 0 Å². The minimum absolute atomic E-state index is 0.197. The van der Waals surface area contributed by atoms with Crippen LogP contribution in [0.5, 0.6) is 0 Å². The van der Waals surface area contributed by atoms with E-state index in [-0.39, 0.29) is 16.7 Å². The Labute approximate surface area is 104 Å². The zero-order valence-electron chi connectivity index (χ0n) is 11.1. The first-order valence-electron chi connectivity index (χ1n) is 6.23. The van der Waals surface area contributed by atoms with E-state index < -0.39 is 0 Å². The van der Waals surface area contributed by atoms with Crippen LogP contribution in [0, 0.1) is 22.2 Å². The van der Waals surface area contributed by atoms with Crippen LogP contribution in [0.25, 0.3) is 0 Å². The molecule has 0 aromatic carbocycles. The Morgan fingerprint density at radius 2 is 2.24 bits per heavy atom. The van der Waals surface area contributed by atoms with Crippen LogP contribution in [0.4, 0.5) is 0 Å². The van der Waals surface area contributed by atoms with E-state index in [0.717, 1.165) is 38.9 Å². The molecule has 0 aliphatic carbocycles. The second-order valence-electron chi connectivity index (χ2n) is 6.05. The number of likely N-dealkylation sites (tertiary alicyclic amines) is 1. The summed E-state index contributed by atoms with van der Waals surface area (Å²) in [5.74, 6) is -0.197. The Balaban J connectivity index is 2.33. The van der Waals surface area contributed by atoms with Gasteiger partial charge in [0, 0.05) is 6.54 Å². The van der Waals surface area contributed by atoms with Crippen molar-refractivity contribution in [3.8, 4) is 6.07 Å². The van der Waals surface area contributed by atoms with Gasteiger partial charge in [-0.2, -0.15) is 5.26 Å². The van der Waals surface area contributed by atoms with Gasteiger partial charge in [0.05, 0.1) is 16.9 Å². The number of hydrogen-bond acceptors (Lipinski definition) is 3. The second-order valence-corrected chi connectivity index (χ2v) is 6.05. The van der Waals surface area contributed by atoms with Crippen molar-refractivity contribution < 1.29 is 4.79 Å². The van der Waals surface area contributed by atoms with E-state index in [1.165, 1.54) is 0 Å². The van der Waals surface area contributed by atoms with Crippen molar-refractivity contribution in [2.45, 2.75) is 40.0 Å². The first-order chi connectivity index (χ1) is 7.79. The van der Waals surface area contributed by atoms with Gasteiger partial charge >= 0.3 is 0 Å². The predicted molar refractivity (Wildman–Crippen MR) is 67.0 cm³/mol. The molecule has 96 valence electrons. The van der Waals surface area contributed by atoms with Crippen LogP contribution in [0.1, 0.15) is 40.0 Å². The largest absolute Gasteiger partial charge is 0.369 e. The second kappa shape index (κ2) is 5.05. The van der Waals surface area contributed by atoms with Crippen molar-refractivity contribution in [1.29, 1.82) is 5.26 Å². The molecule has 1 amide bonds. The third-order valence-corrected chi connectivity index (χ3v) is 3.73. The summed E-state index contributed by atoms with van der Waals surface area (Å²) in [7, 11) is 0. The highest BCUT2D eigenvalue weighted by atomic mass is 16.1. The lowest BCUT2D eigenvalue weighted by Crippen LogP contribution is -2.37. The highest BCUT2D eigenvalue weighted by molar-refractivity contribution is 5.81. The normalized spacial score (nSPS) is 25.8. The molecule has 1 saturated heterocycles. The van der Waals surface area contributed by atoms with Crippen LogP contribution in [0.3, 0.4) is 0 Å². The molecule has 4 nitrogen and oxygen atoms in total. The van der Waals surface area contributed by atoms with Gasteiger partial charge in [0.2, 0.25) is 5.91 Å². The molecule has 17 heavy (non-hydrogen) atoms. The maximum Gasteiger partial charge on any atom is 0.224 e. The van der Waals surface area contributed by atoms with Crippen LogP contribution >= 0.6 is 0 Å². The lowest BCUT2D eigenvalue weighted by Gasteiger charge is -2.22. The van der Waals surface area contributed by atoms with Gasteiger partial charge in [-0.15, -0.1) is 0 Å². The first-order valence-corrected chi connectivity index (χ1v) is 6.23. The van der Waals surface area contributed by atoms with E-state index in [2.05, 4.69) is 11.0 Å².